The minimum Gasteiger partial charge on any atom is -0.434 e. The first kappa shape index (κ1) is 19.7. The summed E-state index contributed by atoms with van der Waals surface area (Å²) in [4.78, 5) is 18.8. The maximum Gasteiger partial charge on any atom is 0.387 e. The van der Waals surface area contributed by atoms with Gasteiger partial charge in [0.05, 0.1) is 11.3 Å². The molecular weight excluding hydrogens is 373 g/mol. The highest BCUT2D eigenvalue weighted by molar-refractivity contribution is 6.23. The predicted octanol–water partition coefficient (Wildman–Crippen LogP) is 4.57. The number of hydrogen-bond acceptors (Lipinski definition) is 4. The number of carbonyl (C=O) groups excluding carboxylic acids is 1. The standard InChI is InChI=1S/C20H19F3N2O3/c1-13(26)25(15-6-3-2-4-7-15)19(24-27-12-14-10-11-14)18-16(21)8-5-9-17(18)28-20(22)23/h2-9,14,20H,10-12H2,1H3. The number of nitrogens with zero attached hydrogens (tertiary/aromatic N) is 2. The third kappa shape index (κ3) is 4.82. The highest BCUT2D eigenvalue weighted by Crippen LogP contribution is 2.30. The number of para-hydroxylation sites is 1. The van der Waals surface area contributed by atoms with Gasteiger partial charge in [0.25, 0.3) is 0 Å². The van der Waals surface area contributed by atoms with Crippen molar-refractivity contribution >= 4 is 17.4 Å². The summed E-state index contributed by atoms with van der Waals surface area (Å²) in [6, 6.07) is 11.9. The molecule has 0 spiro atoms. The Hall–Kier alpha value is -3.03. The molecular formula is C20H19F3N2O3. The van der Waals surface area contributed by atoms with E-state index >= 15 is 0 Å². The van der Waals surface area contributed by atoms with Gasteiger partial charge in [0, 0.05) is 6.92 Å². The fraction of sp³-hybridized carbons (Fsp3) is 0.300. The first-order valence-corrected chi connectivity index (χ1v) is 8.76. The van der Waals surface area contributed by atoms with Gasteiger partial charge in [-0.1, -0.05) is 29.4 Å². The Kier molecular flexibility index (Phi) is 6.18. The molecule has 0 aliphatic heterocycles. The monoisotopic (exact) mass is 392 g/mol. The molecule has 2 aromatic carbocycles. The van der Waals surface area contributed by atoms with Crippen molar-refractivity contribution < 1.29 is 27.5 Å². The predicted molar refractivity (Wildman–Crippen MR) is 97.8 cm³/mol. The number of halogens is 3. The highest BCUT2D eigenvalue weighted by atomic mass is 19.3. The number of benzene rings is 2. The Morgan fingerprint density at radius 3 is 2.50 bits per heavy atom. The molecule has 148 valence electrons. The molecule has 1 saturated carbocycles. The number of alkyl halides is 2. The summed E-state index contributed by atoms with van der Waals surface area (Å²) >= 11 is 0. The van der Waals surface area contributed by atoms with Crippen LogP contribution < -0.4 is 9.64 Å². The number of ether oxygens (including phenoxy) is 1. The van der Waals surface area contributed by atoms with E-state index in [1.807, 2.05) is 0 Å². The number of anilines is 1. The van der Waals surface area contributed by atoms with E-state index in [0.29, 0.717) is 18.2 Å². The Morgan fingerprint density at radius 2 is 1.89 bits per heavy atom. The second kappa shape index (κ2) is 8.77. The van der Waals surface area contributed by atoms with Gasteiger partial charge in [-0.3, -0.25) is 9.69 Å². The molecule has 0 heterocycles. The van der Waals surface area contributed by atoms with E-state index in [2.05, 4.69) is 9.89 Å². The van der Waals surface area contributed by atoms with Crippen LogP contribution >= 0.6 is 0 Å². The van der Waals surface area contributed by atoms with Crippen molar-refractivity contribution in [2.45, 2.75) is 26.4 Å². The largest absolute Gasteiger partial charge is 0.434 e. The van der Waals surface area contributed by atoms with Gasteiger partial charge in [-0.05, 0) is 43.0 Å². The van der Waals surface area contributed by atoms with E-state index in [-0.39, 0.29) is 11.4 Å². The van der Waals surface area contributed by atoms with Crippen LogP contribution in [0.3, 0.4) is 0 Å². The molecule has 0 unspecified atom stereocenters. The zero-order chi connectivity index (χ0) is 20.1. The van der Waals surface area contributed by atoms with Crippen molar-refractivity contribution in [2.75, 3.05) is 11.5 Å². The molecule has 0 bridgehead atoms. The van der Waals surface area contributed by atoms with E-state index in [1.165, 1.54) is 19.1 Å². The van der Waals surface area contributed by atoms with Crippen molar-refractivity contribution in [2.24, 2.45) is 11.1 Å². The van der Waals surface area contributed by atoms with Gasteiger partial charge in [0.15, 0.2) is 5.84 Å². The lowest BCUT2D eigenvalue weighted by molar-refractivity contribution is -0.115. The fourth-order valence-electron chi connectivity index (χ4n) is 2.63. The maximum atomic E-state index is 14.7. The SMILES string of the molecule is CC(=O)N(C(=NOCC1CC1)c1c(F)cccc1OC(F)F)c1ccccc1. The summed E-state index contributed by atoms with van der Waals surface area (Å²) in [5.41, 5.74) is 0.00710. The molecule has 5 nitrogen and oxygen atoms in total. The zero-order valence-electron chi connectivity index (χ0n) is 15.1. The third-order valence-electron chi connectivity index (χ3n) is 4.11. The summed E-state index contributed by atoms with van der Waals surface area (Å²) in [6.45, 7) is -1.61. The van der Waals surface area contributed by atoms with Crippen LogP contribution in [0.15, 0.2) is 53.7 Å². The number of carbonyl (C=O) groups is 1. The van der Waals surface area contributed by atoms with Crippen molar-refractivity contribution in [3.05, 3.63) is 59.9 Å². The Bertz CT molecular complexity index is 855. The molecule has 0 saturated heterocycles. The second-order valence-electron chi connectivity index (χ2n) is 6.34. The summed E-state index contributed by atoms with van der Waals surface area (Å²) in [6.07, 6.45) is 2.00. The van der Waals surface area contributed by atoms with Crippen LogP contribution in [0.2, 0.25) is 0 Å². The topological polar surface area (TPSA) is 51.1 Å². The first-order chi connectivity index (χ1) is 13.5. The fourth-order valence-corrected chi connectivity index (χ4v) is 2.63. The van der Waals surface area contributed by atoms with Crippen molar-refractivity contribution in [1.82, 2.24) is 0 Å². The van der Waals surface area contributed by atoms with Crippen LogP contribution in [0.1, 0.15) is 25.3 Å². The first-order valence-electron chi connectivity index (χ1n) is 8.76. The highest BCUT2D eigenvalue weighted by Gasteiger charge is 2.28. The van der Waals surface area contributed by atoms with Crippen LogP contribution in [0.25, 0.3) is 0 Å². The van der Waals surface area contributed by atoms with Gasteiger partial charge in [-0.2, -0.15) is 8.78 Å². The Labute approximate surface area is 160 Å². The smallest absolute Gasteiger partial charge is 0.387 e. The van der Waals surface area contributed by atoms with Crippen molar-refractivity contribution in [3.8, 4) is 5.75 Å². The molecule has 1 fully saturated rings. The Morgan fingerprint density at radius 1 is 1.18 bits per heavy atom. The molecule has 1 aliphatic rings. The number of amides is 1. The number of hydrogen-bond donors (Lipinski definition) is 0. The lowest BCUT2D eigenvalue weighted by Crippen LogP contribution is -2.37. The van der Waals surface area contributed by atoms with Gasteiger partial charge in [0.2, 0.25) is 5.91 Å². The van der Waals surface area contributed by atoms with Crippen LogP contribution in [0.5, 0.6) is 5.75 Å². The van der Waals surface area contributed by atoms with Crippen molar-refractivity contribution in [1.29, 1.82) is 0 Å². The molecule has 0 N–H and O–H groups in total. The second-order valence-corrected chi connectivity index (χ2v) is 6.34. The zero-order valence-corrected chi connectivity index (χ0v) is 15.1. The van der Waals surface area contributed by atoms with E-state index < -0.39 is 24.1 Å². The minimum atomic E-state index is -3.17. The third-order valence-corrected chi connectivity index (χ3v) is 4.11. The van der Waals surface area contributed by atoms with Gasteiger partial charge in [-0.15, -0.1) is 0 Å². The van der Waals surface area contributed by atoms with Crippen LogP contribution in [-0.2, 0) is 9.63 Å². The maximum absolute atomic E-state index is 14.7. The minimum absolute atomic E-state index is 0.256. The normalized spacial score (nSPS) is 14.1. The molecule has 2 aromatic rings. The molecule has 3 rings (SSSR count). The van der Waals surface area contributed by atoms with E-state index in [0.717, 1.165) is 23.8 Å². The molecule has 1 aliphatic carbocycles. The van der Waals surface area contributed by atoms with Crippen LogP contribution in [0, 0.1) is 11.7 Å². The van der Waals surface area contributed by atoms with Crippen molar-refractivity contribution in [3.63, 3.8) is 0 Å². The molecule has 8 heteroatoms. The number of amidine groups is 1. The quantitative estimate of drug-likeness (QED) is 0.394. The van der Waals surface area contributed by atoms with Gasteiger partial charge in [-0.25, -0.2) is 4.39 Å². The van der Waals surface area contributed by atoms with E-state index in [9.17, 15) is 18.0 Å². The lowest BCUT2D eigenvalue weighted by Gasteiger charge is -2.24. The summed E-state index contributed by atoms with van der Waals surface area (Å²) in [5, 5.41) is 3.96. The lowest BCUT2D eigenvalue weighted by atomic mass is 10.1. The van der Waals surface area contributed by atoms with Crippen LogP contribution in [-0.4, -0.2) is 25.0 Å². The van der Waals surface area contributed by atoms with Crippen LogP contribution in [0.4, 0.5) is 18.9 Å². The van der Waals surface area contributed by atoms with E-state index in [4.69, 9.17) is 4.84 Å². The number of rotatable bonds is 7. The summed E-state index contributed by atoms with van der Waals surface area (Å²) in [7, 11) is 0. The summed E-state index contributed by atoms with van der Waals surface area (Å²) < 4.78 is 44.9. The molecule has 0 aromatic heterocycles. The number of oxime groups is 1. The van der Waals surface area contributed by atoms with Gasteiger partial charge < -0.3 is 9.57 Å². The van der Waals surface area contributed by atoms with E-state index in [1.54, 1.807) is 30.3 Å². The summed E-state index contributed by atoms with van der Waals surface area (Å²) in [5.74, 6) is -1.70. The average molecular weight is 392 g/mol. The van der Waals surface area contributed by atoms with Gasteiger partial charge >= 0.3 is 6.61 Å². The molecule has 0 atom stereocenters. The molecule has 0 radical (unpaired) electrons. The average Bonchev–Trinajstić information content (AvgIpc) is 3.46. The molecule has 1 amide bonds. The molecule has 28 heavy (non-hydrogen) atoms. The van der Waals surface area contributed by atoms with Gasteiger partial charge in [0.1, 0.15) is 18.2 Å². The Balaban J connectivity index is 2.10.